The first-order valence-corrected chi connectivity index (χ1v) is 17.2. The van der Waals surface area contributed by atoms with Gasteiger partial charge in [-0.1, -0.05) is 115 Å². The van der Waals surface area contributed by atoms with Gasteiger partial charge in [-0.05, 0) is 135 Å². The highest BCUT2D eigenvalue weighted by Gasteiger charge is 2.28. The monoisotopic (exact) mass is 762 g/mol. The molecule has 0 spiro atoms. The zero-order valence-corrected chi connectivity index (χ0v) is 27.0. The van der Waals surface area contributed by atoms with Crippen LogP contribution in [-0.4, -0.2) is 0 Å². The van der Waals surface area contributed by atoms with Crippen LogP contribution in [0.1, 0.15) is 0 Å². The van der Waals surface area contributed by atoms with Crippen molar-refractivity contribution in [2.24, 2.45) is 0 Å². The Hall–Kier alpha value is -3.05. The van der Waals surface area contributed by atoms with Crippen molar-refractivity contribution in [1.82, 2.24) is 0 Å². The number of hydrogen-bond donors (Lipinski definition) is 0. The molecule has 0 unspecified atom stereocenters. The fourth-order valence-corrected chi connectivity index (χ4v) is 12.2. The van der Waals surface area contributed by atoms with E-state index in [0.29, 0.717) is 0 Å². The Morgan fingerprint density at radius 3 is 1.24 bits per heavy atom. The summed E-state index contributed by atoms with van der Waals surface area (Å²) >= 11 is 5.22. The molecule has 0 saturated carbocycles. The highest BCUT2D eigenvalue weighted by atomic mass is 127. The van der Waals surface area contributed by atoms with E-state index in [2.05, 4.69) is 173 Å². The first-order chi connectivity index (χ1) is 20.2. The summed E-state index contributed by atoms with van der Waals surface area (Å²) < 4.78 is 2.68. The molecule has 3 heteroatoms. The summed E-state index contributed by atoms with van der Waals surface area (Å²) in [6.45, 7) is 0. The average Bonchev–Trinajstić information content (AvgIpc) is 3.01. The lowest BCUT2D eigenvalue weighted by Crippen LogP contribution is -2.26. The van der Waals surface area contributed by atoms with Gasteiger partial charge in [0, 0.05) is 17.7 Å². The van der Waals surface area contributed by atoms with Crippen LogP contribution in [0, 0.1) is 7.14 Å². The molecule has 0 bridgehead atoms. The van der Waals surface area contributed by atoms with Crippen LogP contribution < -0.4 is 15.9 Å². The molecule has 0 saturated heterocycles. The molecule has 0 aliphatic carbocycles. The predicted octanol–water partition coefficient (Wildman–Crippen LogP) is 10.4. The molecule has 0 amide bonds. The summed E-state index contributed by atoms with van der Waals surface area (Å²) in [7, 11) is -0.857. The average molecular weight is 762 g/mol. The lowest BCUT2D eigenvalue weighted by molar-refractivity contribution is 1.75. The number of benzene rings is 9. The van der Waals surface area contributed by atoms with Gasteiger partial charge < -0.3 is 0 Å². The van der Waals surface area contributed by atoms with Crippen LogP contribution in [0.15, 0.2) is 127 Å². The van der Waals surface area contributed by atoms with Crippen molar-refractivity contribution in [2.75, 3.05) is 0 Å². The van der Waals surface area contributed by atoms with Crippen LogP contribution in [-0.2, 0) is 0 Å². The van der Waals surface area contributed by atoms with Crippen molar-refractivity contribution >= 4 is 134 Å². The predicted molar refractivity (Wildman–Crippen MR) is 198 cm³/mol. The van der Waals surface area contributed by atoms with Crippen molar-refractivity contribution in [3.05, 3.63) is 135 Å². The van der Waals surface area contributed by atoms with Gasteiger partial charge in [-0.2, -0.15) is 0 Å². The molecule has 0 radical (unpaired) electrons. The van der Waals surface area contributed by atoms with E-state index in [4.69, 9.17) is 0 Å². The Kier molecular flexibility index (Phi) is 5.52. The van der Waals surface area contributed by atoms with E-state index >= 15 is 0 Å². The molecular weight excluding hydrogens is 741 g/mol. The van der Waals surface area contributed by atoms with E-state index in [1.165, 1.54) is 87.7 Å². The molecule has 0 aliphatic heterocycles. The lowest BCUT2D eigenvalue weighted by atomic mass is 9.94. The molecule has 0 nitrogen and oxygen atoms in total. The molecule has 0 atom stereocenters. The lowest BCUT2D eigenvalue weighted by Gasteiger charge is -2.27. The molecule has 0 heterocycles. The molecule has 0 N–H and O–H groups in total. The van der Waals surface area contributed by atoms with Gasteiger partial charge in [-0.3, -0.25) is 0 Å². The van der Waals surface area contributed by atoms with E-state index in [9.17, 15) is 0 Å². The number of hydrogen-bond acceptors (Lipinski definition) is 0. The summed E-state index contributed by atoms with van der Waals surface area (Å²) in [6.07, 6.45) is 0. The highest BCUT2D eigenvalue weighted by molar-refractivity contribution is 14.1. The van der Waals surface area contributed by atoms with E-state index in [1.807, 2.05) is 0 Å². The third kappa shape index (κ3) is 3.54. The van der Waals surface area contributed by atoms with Gasteiger partial charge in [0.05, 0.1) is 0 Å². The maximum absolute atomic E-state index is 2.61. The maximum atomic E-state index is 2.61. The van der Waals surface area contributed by atoms with Crippen molar-refractivity contribution in [3.8, 4) is 0 Å². The van der Waals surface area contributed by atoms with E-state index in [1.54, 1.807) is 0 Å². The van der Waals surface area contributed by atoms with Crippen molar-refractivity contribution in [3.63, 3.8) is 0 Å². The maximum Gasteiger partial charge on any atom is 0.0226 e. The molecule has 0 aromatic heterocycles. The Morgan fingerprint density at radius 1 is 0.366 bits per heavy atom. The Balaban J connectivity index is 1.47. The molecule has 192 valence electrons. The summed E-state index contributed by atoms with van der Waals surface area (Å²) in [4.78, 5) is 0. The van der Waals surface area contributed by atoms with Crippen LogP contribution >= 0.6 is 53.1 Å². The highest BCUT2D eigenvalue weighted by Crippen LogP contribution is 2.46. The molecule has 9 aromatic rings. The minimum absolute atomic E-state index is 0.857. The molecular formula is C38H21I2P. The molecule has 41 heavy (non-hydrogen) atoms. The second-order valence-corrected chi connectivity index (χ2v) is 15.2. The molecule has 0 fully saturated rings. The fourth-order valence-electron chi connectivity index (χ4n) is 6.92. The normalized spacial score (nSPS) is 12.4. The fraction of sp³-hybridized carbons (Fsp3) is 0. The van der Waals surface area contributed by atoms with E-state index < -0.39 is 7.92 Å². The second kappa shape index (κ2) is 9.22. The topological polar surface area (TPSA) is 0 Å². The van der Waals surface area contributed by atoms with Gasteiger partial charge >= 0.3 is 0 Å². The van der Waals surface area contributed by atoms with Crippen molar-refractivity contribution in [1.29, 1.82) is 0 Å². The van der Waals surface area contributed by atoms with E-state index in [-0.39, 0.29) is 0 Å². The Labute approximate surface area is 266 Å². The standard InChI is InChI=1S/C38H21I2P/c39-31-20-26-14-12-22-6-4-8-24-16-18-29(35(26)33(22)24)37(31)41(28-10-2-1-3-11-28)38-30-19-17-25-9-5-7-23-13-15-27(21-32(38)40)36(30)34(23)25/h1-21H. The summed E-state index contributed by atoms with van der Waals surface area (Å²) in [5, 5.41) is 20.5. The van der Waals surface area contributed by atoms with Crippen molar-refractivity contribution < 1.29 is 0 Å². The number of halogens is 2. The number of rotatable bonds is 3. The minimum atomic E-state index is -0.857. The van der Waals surface area contributed by atoms with Crippen LogP contribution in [0.3, 0.4) is 0 Å². The molecule has 9 aromatic carbocycles. The minimum Gasteiger partial charge on any atom is -0.0622 e. The Morgan fingerprint density at radius 2 is 0.780 bits per heavy atom. The largest absolute Gasteiger partial charge is 0.0622 e. The Bertz CT molecular complexity index is 2260. The van der Waals surface area contributed by atoms with Crippen LogP contribution in [0.2, 0.25) is 0 Å². The van der Waals surface area contributed by atoms with Gasteiger partial charge in [0.2, 0.25) is 0 Å². The third-order valence-electron chi connectivity index (χ3n) is 8.61. The van der Waals surface area contributed by atoms with Gasteiger partial charge in [-0.15, -0.1) is 0 Å². The summed E-state index contributed by atoms with van der Waals surface area (Å²) in [5.74, 6) is 0. The quantitative estimate of drug-likeness (QED) is 0.0956. The SMILES string of the molecule is Ic1cc2ccc3cccc4ccc(c1P(c1ccccc1)c1c(I)cc5ccc6cccc7ccc1c5c67)c2c34. The summed E-state index contributed by atoms with van der Waals surface area (Å²) in [6, 6.07) is 48.1. The first-order valence-electron chi connectivity index (χ1n) is 13.7. The molecule has 9 rings (SSSR count). The van der Waals surface area contributed by atoms with Crippen molar-refractivity contribution in [2.45, 2.75) is 0 Å². The first kappa shape index (κ1) is 24.5. The van der Waals surface area contributed by atoms with Gasteiger partial charge in [0.25, 0.3) is 0 Å². The smallest absolute Gasteiger partial charge is 0.0226 e. The van der Waals surface area contributed by atoms with Gasteiger partial charge in [0.1, 0.15) is 0 Å². The van der Waals surface area contributed by atoms with Crippen LogP contribution in [0.5, 0.6) is 0 Å². The van der Waals surface area contributed by atoms with E-state index in [0.717, 1.165) is 0 Å². The zero-order chi connectivity index (χ0) is 27.2. The van der Waals surface area contributed by atoms with Gasteiger partial charge in [-0.25, -0.2) is 0 Å². The third-order valence-corrected chi connectivity index (χ3v) is 13.8. The second-order valence-electron chi connectivity index (χ2n) is 10.8. The van der Waals surface area contributed by atoms with Crippen LogP contribution in [0.4, 0.5) is 0 Å². The van der Waals surface area contributed by atoms with Gasteiger partial charge in [0.15, 0.2) is 0 Å². The molecule has 0 aliphatic rings. The van der Waals surface area contributed by atoms with Crippen LogP contribution in [0.25, 0.3) is 64.6 Å². The zero-order valence-electron chi connectivity index (χ0n) is 21.8. The summed E-state index contributed by atoms with van der Waals surface area (Å²) in [5.41, 5.74) is 0.